The topological polar surface area (TPSA) is 72.9 Å². The number of rotatable bonds is 5. The molecule has 2 fully saturated rings. The second-order valence-corrected chi connectivity index (χ2v) is 8.26. The van der Waals surface area contributed by atoms with Crippen molar-refractivity contribution in [3.8, 4) is 5.75 Å². The van der Waals surface area contributed by atoms with Gasteiger partial charge in [-0.2, -0.15) is 0 Å². The summed E-state index contributed by atoms with van der Waals surface area (Å²) in [5.74, 6) is -0.0781. The van der Waals surface area contributed by atoms with Crippen molar-refractivity contribution < 1.29 is 23.9 Å². The Morgan fingerprint density at radius 1 is 1.03 bits per heavy atom. The molecular weight excluding hydrogens is 382 g/mol. The maximum absolute atomic E-state index is 12.4. The lowest BCUT2D eigenvalue weighted by Crippen LogP contribution is -2.33. The van der Waals surface area contributed by atoms with E-state index in [0.717, 1.165) is 22.5 Å². The predicted octanol–water partition coefficient (Wildman–Crippen LogP) is 3.37. The lowest BCUT2D eigenvalue weighted by molar-refractivity contribution is -0.146. The normalized spacial score (nSPS) is 24.8. The van der Waals surface area contributed by atoms with Crippen LogP contribution in [0.5, 0.6) is 5.75 Å². The van der Waals surface area contributed by atoms with Gasteiger partial charge in [0, 0.05) is 5.92 Å². The zero-order chi connectivity index (χ0) is 20.9. The van der Waals surface area contributed by atoms with Gasteiger partial charge >= 0.3 is 5.97 Å². The van der Waals surface area contributed by atoms with Crippen LogP contribution in [0.25, 0.3) is 0 Å². The van der Waals surface area contributed by atoms with E-state index >= 15 is 0 Å². The van der Waals surface area contributed by atoms with Crippen LogP contribution >= 0.6 is 0 Å². The number of esters is 1. The summed E-state index contributed by atoms with van der Waals surface area (Å²) in [5, 5.41) is 0. The molecule has 2 atom stereocenters. The van der Waals surface area contributed by atoms with Crippen molar-refractivity contribution in [2.75, 3.05) is 13.3 Å². The molecule has 2 unspecified atom stereocenters. The molecule has 152 valence electrons. The molecule has 1 saturated carbocycles. The van der Waals surface area contributed by atoms with Crippen molar-refractivity contribution in [1.29, 1.82) is 0 Å². The second kappa shape index (κ2) is 6.83. The van der Waals surface area contributed by atoms with E-state index in [1.54, 1.807) is 36.4 Å². The zero-order valence-corrected chi connectivity index (χ0v) is 16.4. The summed E-state index contributed by atoms with van der Waals surface area (Å²) in [6, 6.07) is 14.2. The number of carbonyl (C=O) groups is 3. The van der Waals surface area contributed by atoms with Gasteiger partial charge in [-0.1, -0.05) is 36.4 Å². The predicted molar refractivity (Wildman–Crippen MR) is 108 cm³/mol. The van der Waals surface area contributed by atoms with Crippen LogP contribution in [0.3, 0.4) is 0 Å². The first-order valence-electron chi connectivity index (χ1n) is 9.99. The maximum atomic E-state index is 12.4. The molecule has 0 N–H and O–H groups in total. The van der Waals surface area contributed by atoms with Gasteiger partial charge in [-0.15, -0.1) is 0 Å². The lowest BCUT2D eigenvalue weighted by Gasteiger charge is -2.24. The Kier molecular flexibility index (Phi) is 4.24. The fourth-order valence-corrected chi connectivity index (χ4v) is 4.83. The Bertz CT molecular complexity index is 1040. The third-order valence-corrected chi connectivity index (χ3v) is 6.39. The number of carbonyl (C=O) groups excluding carboxylic acids is 3. The van der Waals surface area contributed by atoms with Crippen LogP contribution in [-0.4, -0.2) is 36.0 Å². The quantitative estimate of drug-likeness (QED) is 0.435. The van der Waals surface area contributed by atoms with Crippen LogP contribution in [0, 0.1) is 11.3 Å². The standard InChI is InChI=1S/C24H21NO5/c1-15-10-17-13-29-23(28)24(17,11-15)12-16-6-8-18(9-7-16)30-14-25-21(26)19-4-2-3-5-20(19)22(25)27/h2-9,17H,1,10-14H2. The highest BCUT2D eigenvalue weighted by Crippen LogP contribution is 2.52. The molecule has 2 aromatic carbocycles. The first-order chi connectivity index (χ1) is 14.5. The van der Waals surface area contributed by atoms with Gasteiger partial charge in [-0.05, 0) is 49.1 Å². The molecule has 0 spiro atoms. The van der Waals surface area contributed by atoms with Crippen LogP contribution in [0.4, 0.5) is 0 Å². The fourth-order valence-electron chi connectivity index (χ4n) is 4.83. The summed E-state index contributed by atoms with van der Waals surface area (Å²) >= 11 is 0. The van der Waals surface area contributed by atoms with Crippen molar-refractivity contribution in [3.63, 3.8) is 0 Å². The van der Waals surface area contributed by atoms with Crippen molar-refractivity contribution in [2.45, 2.75) is 19.3 Å². The Morgan fingerprint density at radius 2 is 1.70 bits per heavy atom. The summed E-state index contributed by atoms with van der Waals surface area (Å²) in [7, 11) is 0. The highest BCUT2D eigenvalue weighted by atomic mass is 16.5. The minimum atomic E-state index is -0.500. The second-order valence-electron chi connectivity index (χ2n) is 8.26. The molecular formula is C24H21NO5. The van der Waals surface area contributed by atoms with Crippen LogP contribution in [-0.2, 0) is 16.0 Å². The van der Waals surface area contributed by atoms with E-state index in [1.165, 1.54) is 0 Å². The number of ether oxygens (including phenoxy) is 2. The van der Waals surface area contributed by atoms with E-state index < -0.39 is 5.41 Å². The smallest absolute Gasteiger partial charge is 0.313 e. The molecule has 0 bridgehead atoms. The molecule has 2 aromatic rings. The SMILES string of the molecule is C=C1CC2COC(=O)C2(Cc2ccc(OCN3C(=O)c4ccccc4C3=O)cc2)C1. The third kappa shape index (κ3) is 2.83. The highest BCUT2D eigenvalue weighted by Gasteiger charge is 2.55. The molecule has 0 aromatic heterocycles. The van der Waals surface area contributed by atoms with Gasteiger partial charge in [-0.3, -0.25) is 14.4 Å². The summed E-state index contributed by atoms with van der Waals surface area (Å²) in [6.45, 7) is 4.40. The minimum Gasteiger partial charge on any atom is -0.473 e. The minimum absolute atomic E-state index is 0.128. The number of fused-ring (bicyclic) bond motifs is 2. The number of imide groups is 1. The summed E-state index contributed by atoms with van der Waals surface area (Å²) < 4.78 is 11.0. The average Bonchev–Trinajstić information content (AvgIpc) is 3.31. The van der Waals surface area contributed by atoms with E-state index in [2.05, 4.69) is 6.58 Å². The molecule has 1 saturated heterocycles. The van der Waals surface area contributed by atoms with Gasteiger partial charge in [0.2, 0.25) is 0 Å². The number of benzene rings is 2. The van der Waals surface area contributed by atoms with E-state index in [-0.39, 0.29) is 30.4 Å². The van der Waals surface area contributed by atoms with Crippen LogP contribution < -0.4 is 4.74 Å². The summed E-state index contributed by atoms with van der Waals surface area (Å²) in [4.78, 5) is 38.4. The Labute approximate surface area is 174 Å². The van der Waals surface area contributed by atoms with Gasteiger partial charge in [0.05, 0.1) is 23.1 Å². The van der Waals surface area contributed by atoms with E-state index in [1.807, 2.05) is 12.1 Å². The molecule has 3 aliphatic rings. The van der Waals surface area contributed by atoms with Gasteiger partial charge in [0.25, 0.3) is 11.8 Å². The van der Waals surface area contributed by atoms with Crippen molar-refractivity contribution >= 4 is 17.8 Å². The Hall–Kier alpha value is -3.41. The lowest BCUT2D eigenvalue weighted by atomic mass is 9.75. The summed E-state index contributed by atoms with van der Waals surface area (Å²) in [5.41, 5.74) is 2.42. The van der Waals surface area contributed by atoms with Gasteiger partial charge in [0.15, 0.2) is 6.73 Å². The van der Waals surface area contributed by atoms with Gasteiger partial charge < -0.3 is 9.47 Å². The largest absolute Gasteiger partial charge is 0.473 e. The summed E-state index contributed by atoms with van der Waals surface area (Å²) in [6.07, 6.45) is 2.12. The Balaban J connectivity index is 1.26. The molecule has 6 heteroatoms. The van der Waals surface area contributed by atoms with Gasteiger partial charge in [-0.25, -0.2) is 4.90 Å². The van der Waals surface area contributed by atoms with Crippen molar-refractivity contribution in [1.82, 2.24) is 4.90 Å². The van der Waals surface area contributed by atoms with E-state index in [0.29, 0.717) is 36.3 Å². The third-order valence-electron chi connectivity index (χ3n) is 6.39. The number of nitrogens with zero attached hydrogens (tertiary/aromatic N) is 1. The molecule has 30 heavy (non-hydrogen) atoms. The van der Waals surface area contributed by atoms with E-state index in [9.17, 15) is 14.4 Å². The van der Waals surface area contributed by atoms with Crippen molar-refractivity contribution in [3.05, 3.63) is 77.4 Å². The molecule has 1 aliphatic carbocycles. The van der Waals surface area contributed by atoms with Crippen LogP contribution in [0.1, 0.15) is 39.1 Å². The highest BCUT2D eigenvalue weighted by molar-refractivity contribution is 6.21. The first-order valence-corrected chi connectivity index (χ1v) is 9.99. The number of allylic oxidation sites excluding steroid dienone is 1. The maximum Gasteiger partial charge on any atom is 0.313 e. The molecule has 2 aliphatic heterocycles. The first kappa shape index (κ1) is 18.6. The number of hydrogen-bond acceptors (Lipinski definition) is 5. The average molecular weight is 403 g/mol. The number of cyclic esters (lactones) is 1. The van der Waals surface area contributed by atoms with Crippen LogP contribution in [0.2, 0.25) is 0 Å². The molecule has 2 heterocycles. The van der Waals surface area contributed by atoms with Crippen LogP contribution in [0.15, 0.2) is 60.7 Å². The monoisotopic (exact) mass is 403 g/mol. The molecule has 2 amide bonds. The molecule has 5 rings (SSSR count). The molecule has 0 radical (unpaired) electrons. The van der Waals surface area contributed by atoms with Gasteiger partial charge in [0.1, 0.15) is 5.75 Å². The Morgan fingerprint density at radius 3 is 2.37 bits per heavy atom. The zero-order valence-electron chi connectivity index (χ0n) is 16.4. The fraction of sp³-hybridized carbons (Fsp3) is 0.292. The number of amides is 2. The van der Waals surface area contributed by atoms with Crippen molar-refractivity contribution in [2.24, 2.45) is 11.3 Å². The molecule has 6 nitrogen and oxygen atoms in total. The van der Waals surface area contributed by atoms with E-state index in [4.69, 9.17) is 9.47 Å². The number of hydrogen-bond donors (Lipinski definition) is 0.